The quantitative estimate of drug-likeness (QED) is 0.0253. The lowest BCUT2D eigenvalue weighted by Gasteiger charge is -2.31. The highest BCUT2D eigenvalue weighted by molar-refractivity contribution is 7.45. The number of carbonyl (C=O) groups excluding carboxylic acids is 1. The average molecular weight is 743 g/mol. The normalized spacial score (nSPS) is 15.5. The number of carbonyl (C=O) groups is 1. The maximum absolute atomic E-state index is 12.8. The third-order valence-electron chi connectivity index (χ3n) is 9.02. The summed E-state index contributed by atoms with van der Waals surface area (Å²) in [5.74, 6) is -0.296. The van der Waals surface area contributed by atoms with Crippen LogP contribution in [0.2, 0.25) is 0 Å². The van der Waals surface area contributed by atoms with Gasteiger partial charge in [0, 0.05) is 6.42 Å². The molecule has 0 aromatic carbocycles. The molecule has 4 atom stereocenters. The Balaban J connectivity index is 4.61. The van der Waals surface area contributed by atoms with Crippen molar-refractivity contribution < 1.29 is 38.0 Å². The van der Waals surface area contributed by atoms with Crippen LogP contribution in [0.5, 0.6) is 0 Å². The van der Waals surface area contributed by atoms with E-state index in [0.717, 1.165) is 51.4 Å². The average Bonchev–Trinajstić information content (AvgIpc) is 3.07. The summed E-state index contributed by atoms with van der Waals surface area (Å²) in [5.41, 5.74) is 0. The van der Waals surface area contributed by atoms with Gasteiger partial charge in [0.1, 0.15) is 19.3 Å². The second kappa shape index (κ2) is 33.3. The Morgan fingerprint density at radius 2 is 1.20 bits per heavy atom. The Hall–Kier alpha value is -1.32. The molecule has 0 rings (SSSR count). The number of allylic oxidation sites excluding steroid dienone is 6. The molecule has 300 valence electrons. The van der Waals surface area contributed by atoms with Crippen molar-refractivity contribution in [3.05, 3.63) is 36.5 Å². The number of nitrogens with one attached hydrogen (secondary N) is 1. The number of aliphatic hydroxyl groups is 2. The lowest BCUT2D eigenvalue weighted by molar-refractivity contribution is -0.870. The van der Waals surface area contributed by atoms with Gasteiger partial charge < -0.3 is 34.0 Å². The Morgan fingerprint density at radius 1 is 0.725 bits per heavy atom. The number of quaternary nitrogens is 1. The molecule has 0 aromatic rings. The molecule has 0 aliphatic rings. The molecule has 51 heavy (non-hydrogen) atoms. The largest absolute Gasteiger partial charge is 0.756 e. The highest BCUT2D eigenvalue weighted by atomic mass is 31.2. The topological polar surface area (TPSA) is 128 Å². The van der Waals surface area contributed by atoms with E-state index < -0.39 is 32.7 Å². The van der Waals surface area contributed by atoms with Gasteiger partial charge in [0.25, 0.3) is 7.82 Å². The predicted octanol–water partition coefficient (Wildman–Crippen LogP) is 9.08. The van der Waals surface area contributed by atoms with Gasteiger partial charge in [0.2, 0.25) is 5.91 Å². The van der Waals surface area contributed by atoms with Gasteiger partial charge in [0.15, 0.2) is 0 Å². The lowest BCUT2D eigenvalue weighted by atomic mass is 10.0. The molecule has 10 heteroatoms. The van der Waals surface area contributed by atoms with Crippen LogP contribution in [0.4, 0.5) is 0 Å². The number of phosphoric acid groups is 1. The number of nitrogens with zero attached hydrogens (tertiary/aromatic N) is 1. The number of aliphatic hydroxyl groups excluding tert-OH is 2. The first-order valence-electron chi connectivity index (χ1n) is 20.4. The minimum Gasteiger partial charge on any atom is -0.756 e. The minimum atomic E-state index is -4.67. The third-order valence-corrected chi connectivity index (χ3v) is 9.99. The van der Waals surface area contributed by atoms with Gasteiger partial charge in [-0.3, -0.25) is 9.36 Å². The summed E-state index contributed by atoms with van der Waals surface area (Å²) >= 11 is 0. The maximum atomic E-state index is 12.8. The van der Waals surface area contributed by atoms with Gasteiger partial charge >= 0.3 is 0 Å². The van der Waals surface area contributed by atoms with Crippen LogP contribution < -0.4 is 10.2 Å². The summed E-state index contributed by atoms with van der Waals surface area (Å²) < 4.78 is 23.0. The maximum Gasteiger partial charge on any atom is 0.268 e. The van der Waals surface area contributed by atoms with Crippen LogP contribution in [-0.4, -0.2) is 79.8 Å². The SMILES string of the molecule is C/C=C/CC/C=C/CC/C=C/CCCC(O)C(O)C(COP(=O)([O-])OCC[N+](C)(C)C)NC(=O)CCCCCCCCCCCCCCCCC. The van der Waals surface area contributed by atoms with E-state index in [1.807, 2.05) is 28.1 Å². The molecular formula is C41H79N2O7P. The van der Waals surface area contributed by atoms with E-state index in [1.165, 1.54) is 70.6 Å². The van der Waals surface area contributed by atoms with Gasteiger partial charge in [-0.2, -0.15) is 0 Å². The number of hydrogen-bond donors (Lipinski definition) is 3. The second-order valence-corrected chi connectivity index (χ2v) is 16.5. The van der Waals surface area contributed by atoms with Gasteiger partial charge in [-0.1, -0.05) is 133 Å². The zero-order valence-corrected chi connectivity index (χ0v) is 34.3. The molecule has 0 bridgehead atoms. The molecule has 4 unspecified atom stereocenters. The molecule has 3 N–H and O–H groups in total. The zero-order chi connectivity index (χ0) is 38.1. The van der Waals surface area contributed by atoms with Crippen molar-refractivity contribution in [2.45, 2.75) is 180 Å². The van der Waals surface area contributed by atoms with Crippen LogP contribution in [0.1, 0.15) is 162 Å². The third kappa shape index (κ3) is 34.2. The fraction of sp³-hybridized carbons (Fsp3) is 0.829. The van der Waals surface area contributed by atoms with E-state index in [2.05, 4.69) is 48.7 Å². The molecule has 0 heterocycles. The van der Waals surface area contributed by atoms with Gasteiger partial charge in [-0.05, 0) is 58.3 Å². The van der Waals surface area contributed by atoms with Crippen molar-refractivity contribution in [2.24, 2.45) is 0 Å². The van der Waals surface area contributed by atoms with E-state index in [0.29, 0.717) is 30.3 Å². The first-order chi connectivity index (χ1) is 24.4. The summed E-state index contributed by atoms with van der Waals surface area (Å²) in [6.07, 6.45) is 34.8. The first kappa shape index (κ1) is 49.7. The highest BCUT2D eigenvalue weighted by Crippen LogP contribution is 2.38. The van der Waals surface area contributed by atoms with Crippen LogP contribution in [0.15, 0.2) is 36.5 Å². The molecule has 0 aliphatic carbocycles. The Morgan fingerprint density at radius 3 is 1.69 bits per heavy atom. The van der Waals surface area contributed by atoms with Crippen molar-refractivity contribution in [3.63, 3.8) is 0 Å². The molecule has 0 fully saturated rings. The van der Waals surface area contributed by atoms with Crippen LogP contribution in [-0.2, 0) is 18.4 Å². The first-order valence-corrected chi connectivity index (χ1v) is 21.8. The van der Waals surface area contributed by atoms with Crippen molar-refractivity contribution in [2.75, 3.05) is 40.9 Å². The van der Waals surface area contributed by atoms with Crippen LogP contribution >= 0.6 is 7.82 Å². The van der Waals surface area contributed by atoms with E-state index in [9.17, 15) is 24.5 Å². The Bertz CT molecular complexity index is 951. The molecule has 0 spiro atoms. The summed E-state index contributed by atoms with van der Waals surface area (Å²) in [4.78, 5) is 25.3. The molecule has 0 saturated carbocycles. The van der Waals surface area contributed by atoms with Crippen molar-refractivity contribution in [1.82, 2.24) is 5.32 Å². The van der Waals surface area contributed by atoms with Crippen LogP contribution in [0.3, 0.4) is 0 Å². The summed E-state index contributed by atoms with van der Waals surface area (Å²) in [5, 5.41) is 24.5. The summed E-state index contributed by atoms with van der Waals surface area (Å²) in [6.45, 7) is 4.17. The molecule has 1 amide bonds. The van der Waals surface area contributed by atoms with Gasteiger partial charge in [0.05, 0.1) is 39.9 Å². The summed E-state index contributed by atoms with van der Waals surface area (Å²) in [7, 11) is 1.09. The van der Waals surface area contributed by atoms with Crippen molar-refractivity contribution in [3.8, 4) is 0 Å². The fourth-order valence-electron chi connectivity index (χ4n) is 5.70. The number of rotatable bonds is 36. The van der Waals surface area contributed by atoms with Crippen molar-refractivity contribution >= 4 is 13.7 Å². The second-order valence-electron chi connectivity index (χ2n) is 15.1. The molecule has 0 aromatic heterocycles. The van der Waals surface area contributed by atoms with E-state index in [4.69, 9.17) is 9.05 Å². The molecular weight excluding hydrogens is 663 g/mol. The van der Waals surface area contributed by atoms with E-state index >= 15 is 0 Å². The van der Waals surface area contributed by atoms with Gasteiger partial charge in [-0.25, -0.2) is 0 Å². The Kier molecular flexibility index (Phi) is 32.4. The highest BCUT2D eigenvalue weighted by Gasteiger charge is 2.29. The minimum absolute atomic E-state index is 0.0496. The smallest absolute Gasteiger partial charge is 0.268 e. The molecule has 9 nitrogen and oxygen atoms in total. The van der Waals surface area contributed by atoms with E-state index in [1.54, 1.807) is 0 Å². The molecule has 0 saturated heterocycles. The number of phosphoric ester groups is 1. The fourth-order valence-corrected chi connectivity index (χ4v) is 6.43. The number of hydrogen-bond acceptors (Lipinski definition) is 7. The Labute approximate surface area is 313 Å². The van der Waals surface area contributed by atoms with Gasteiger partial charge in [-0.15, -0.1) is 0 Å². The number of unbranched alkanes of at least 4 members (excludes halogenated alkanes) is 17. The monoisotopic (exact) mass is 743 g/mol. The predicted molar refractivity (Wildman–Crippen MR) is 211 cm³/mol. The van der Waals surface area contributed by atoms with Crippen molar-refractivity contribution in [1.29, 1.82) is 0 Å². The summed E-state index contributed by atoms with van der Waals surface area (Å²) in [6, 6.07) is -1.09. The lowest BCUT2D eigenvalue weighted by Crippen LogP contribution is -2.51. The zero-order valence-electron chi connectivity index (χ0n) is 33.4. The van der Waals surface area contributed by atoms with E-state index in [-0.39, 0.29) is 18.9 Å². The molecule has 0 radical (unpaired) electrons. The number of likely N-dealkylation sites (N-methyl/N-ethyl adjacent to an activating group) is 1. The van der Waals surface area contributed by atoms with Crippen LogP contribution in [0, 0.1) is 0 Å². The molecule has 0 aliphatic heterocycles. The number of amides is 1. The standard InChI is InChI=1S/C41H79N2O7P/c1-6-8-10-12-14-16-18-20-21-22-24-26-28-30-32-34-40(45)42-38(37-50-51(47,48)49-36-35-43(3,4)5)41(46)39(44)33-31-29-27-25-23-19-17-15-13-11-9-7-2/h7,9,15,17,25,27,38-39,41,44,46H,6,8,10-14,16,18-24,26,28-37H2,1-5H3,(H-,42,45,47,48)/b9-7+,17-15+,27-25+. The van der Waals surface area contributed by atoms with Crippen LogP contribution in [0.25, 0.3) is 0 Å².